The summed E-state index contributed by atoms with van der Waals surface area (Å²) >= 11 is 0. The quantitative estimate of drug-likeness (QED) is 0.719. The number of aliphatic hydroxyl groups excluding tert-OH is 1. The second kappa shape index (κ2) is 9.64. The van der Waals surface area contributed by atoms with Gasteiger partial charge in [-0.25, -0.2) is 0 Å². The van der Waals surface area contributed by atoms with Crippen LogP contribution in [0.25, 0.3) is 0 Å². The van der Waals surface area contributed by atoms with E-state index in [4.69, 9.17) is 5.11 Å². The SMILES string of the molecule is CC(C)C(CCO)NC(=O)CNc1ccccc1.Cl. The number of hydrogen-bond donors (Lipinski definition) is 3. The minimum Gasteiger partial charge on any atom is -0.396 e. The molecule has 1 aromatic carbocycles. The monoisotopic (exact) mass is 286 g/mol. The van der Waals surface area contributed by atoms with Crippen molar-refractivity contribution in [2.75, 3.05) is 18.5 Å². The lowest BCUT2D eigenvalue weighted by Crippen LogP contribution is -2.41. The van der Waals surface area contributed by atoms with Crippen LogP contribution in [0.1, 0.15) is 20.3 Å². The lowest BCUT2D eigenvalue weighted by molar-refractivity contribution is -0.120. The Morgan fingerprint density at radius 1 is 1.26 bits per heavy atom. The Morgan fingerprint density at radius 3 is 2.42 bits per heavy atom. The molecule has 19 heavy (non-hydrogen) atoms. The molecule has 0 fully saturated rings. The molecule has 1 rings (SSSR count). The van der Waals surface area contributed by atoms with E-state index in [1.165, 1.54) is 0 Å². The maximum atomic E-state index is 11.8. The zero-order valence-electron chi connectivity index (χ0n) is 11.4. The van der Waals surface area contributed by atoms with Crippen molar-refractivity contribution in [3.05, 3.63) is 30.3 Å². The maximum absolute atomic E-state index is 11.8. The average molecular weight is 287 g/mol. The van der Waals surface area contributed by atoms with Gasteiger partial charge >= 0.3 is 0 Å². The Balaban J connectivity index is 0.00000324. The highest BCUT2D eigenvalue weighted by atomic mass is 35.5. The zero-order chi connectivity index (χ0) is 13.4. The van der Waals surface area contributed by atoms with Crippen molar-refractivity contribution in [2.45, 2.75) is 26.3 Å². The van der Waals surface area contributed by atoms with E-state index >= 15 is 0 Å². The number of benzene rings is 1. The van der Waals surface area contributed by atoms with Gasteiger partial charge in [0.1, 0.15) is 0 Å². The normalized spacial score (nSPS) is 11.6. The van der Waals surface area contributed by atoms with E-state index in [1.54, 1.807) is 0 Å². The highest BCUT2D eigenvalue weighted by molar-refractivity contribution is 5.85. The lowest BCUT2D eigenvalue weighted by atomic mass is 10.0. The molecule has 0 aliphatic heterocycles. The van der Waals surface area contributed by atoms with Crippen LogP contribution in [0.15, 0.2) is 30.3 Å². The third-order valence-electron chi connectivity index (χ3n) is 2.82. The average Bonchev–Trinajstić information content (AvgIpc) is 2.37. The molecule has 0 aromatic heterocycles. The van der Waals surface area contributed by atoms with Gasteiger partial charge in [-0.1, -0.05) is 32.0 Å². The number of halogens is 1. The predicted molar refractivity (Wildman–Crippen MR) is 80.7 cm³/mol. The summed E-state index contributed by atoms with van der Waals surface area (Å²) in [6.45, 7) is 4.41. The second-order valence-corrected chi connectivity index (χ2v) is 4.65. The standard InChI is InChI=1S/C14H22N2O2.ClH/c1-11(2)13(8-9-17)16-14(18)10-15-12-6-4-3-5-7-12;/h3-7,11,13,15,17H,8-10H2,1-2H3,(H,16,18);1H. The van der Waals surface area contributed by atoms with Gasteiger partial charge in [0, 0.05) is 18.3 Å². The fourth-order valence-corrected chi connectivity index (χ4v) is 1.71. The van der Waals surface area contributed by atoms with Gasteiger partial charge in [-0.05, 0) is 24.5 Å². The van der Waals surface area contributed by atoms with Gasteiger partial charge in [-0.15, -0.1) is 12.4 Å². The number of para-hydroxylation sites is 1. The van der Waals surface area contributed by atoms with Crippen LogP contribution in [0.5, 0.6) is 0 Å². The minimum absolute atomic E-state index is 0. The molecule has 5 heteroatoms. The number of carbonyl (C=O) groups is 1. The van der Waals surface area contributed by atoms with E-state index in [0.717, 1.165) is 5.69 Å². The van der Waals surface area contributed by atoms with Crippen LogP contribution in [0.2, 0.25) is 0 Å². The number of carbonyl (C=O) groups excluding carboxylic acids is 1. The molecular formula is C14H23ClN2O2. The van der Waals surface area contributed by atoms with E-state index in [0.29, 0.717) is 12.3 Å². The van der Waals surface area contributed by atoms with E-state index < -0.39 is 0 Å². The highest BCUT2D eigenvalue weighted by Gasteiger charge is 2.15. The third kappa shape index (κ3) is 7.03. The first-order valence-corrected chi connectivity index (χ1v) is 6.32. The molecule has 1 unspecified atom stereocenters. The predicted octanol–water partition coefficient (Wildman–Crippen LogP) is 2.04. The smallest absolute Gasteiger partial charge is 0.239 e. The van der Waals surface area contributed by atoms with Crippen LogP contribution in [0.4, 0.5) is 5.69 Å². The van der Waals surface area contributed by atoms with E-state index in [9.17, 15) is 4.79 Å². The Kier molecular flexibility index (Phi) is 9.00. The number of anilines is 1. The Hall–Kier alpha value is -1.26. The molecule has 4 nitrogen and oxygen atoms in total. The molecule has 1 atom stereocenters. The molecule has 0 aliphatic carbocycles. The first kappa shape index (κ1) is 17.7. The van der Waals surface area contributed by atoms with Crippen LogP contribution >= 0.6 is 12.4 Å². The second-order valence-electron chi connectivity index (χ2n) is 4.65. The zero-order valence-corrected chi connectivity index (χ0v) is 12.2. The van der Waals surface area contributed by atoms with Crippen LogP contribution < -0.4 is 10.6 Å². The van der Waals surface area contributed by atoms with Gasteiger partial charge in [0.2, 0.25) is 5.91 Å². The third-order valence-corrected chi connectivity index (χ3v) is 2.82. The fraction of sp³-hybridized carbons (Fsp3) is 0.500. The molecule has 0 radical (unpaired) electrons. The number of nitrogens with one attached hydrogen (secondary N) is 2. The summed E-state index contributed by atoms with van der Waals surface area (Å²) in [5, 5.41) is 14.9. The summed E-state index contributed by atoms with van der Waals surface area (Å²) in [6.07, 6.45) is 0.592. The van der Waals surface area contributed by atoms with Crippen molar-refractivity contribution >= 4 is 24.0 Å². The van der Waals surface area contributed by atoms with Crippen LogP contribution in [0.3, 0.4) is 0 Å². The van der Waals surface area contributed by atoms with Crippen LogP contribution in [-0.2, 0) is 4.79 Å². The molecular weight excluding hydrogens is 264 g/mol. The van der Waals surface area contributed by atoms with Gasteiger partial charge in [0.15, 0.2) is 0 Å². The summed E-state index contributed by atoms with van der Waals surface area (Å²) in [6, 6.07) is 9.63. The molecule has 108 valence electrons. The van der Waals surface area contributed by atoms with Crippen molar-refractivity contribution in [3.8, 4) is 0 Å². The Bertz CT molecular complexity index is 358. The summed E-state index contributed by atoms with van der Waals surface area (Å²) in [5.41, 5.74) is 0.927. The molecule has 3 N–H and O–H groups in total. The molecule has 0 saturated carbocycles. The molecule has 0 spiro atoms. The van der Waals surface area contributed by atoms with E-state index in [-0.39, 0.29) is 37.5 Å². The fourth-order valence-electron chi connectivity index (χ4n) is 1.71. The van der Waals surface area contributed by atoms with E-state index in [2.05, 4.69) is 10.6 Å². The van der Waals surface area contributed by atoms with Crippen LogP contribution in [0, 0.1) is 5.92 Å². The van der Waals surface area contributed by atoms with Crippen molar-refractivity contribution < 1.29 is 9.90 Å². The first-order chi connectivity index (χ1) is 8.63. The van der Waals surface area contributed by atoms with Crippen LogP contribution in [-0.4, -0.2) is 30.2 Å². The van der Waals surface area contributed by atoms with Gasteiger partial charge in [-0.3, -0.25) is 4.79 Å². The Labute approximate surface area is 121 Å². The number of rotatable bonds is 7. The summed E-state index contributed by atoms with van der Waals surface area (Å²) in [7, 11) is 0. The molecule has 0 saturated heterocycles. The summed E-state index contributed by atoms with van der Waals surface area (Å²) in [5.74, 6) is 0.267. The summed E-state index contributed by atoms with van der Waals surface area (Å²) in [4.78, 5) is 11.8. The maximum Gasteiger partial charge on any atom is 0.239 e. The van der Waals surface area contributed by atoms with Gasteiger partial charge < -0.3 is 15.7 Å². The molecule has 0 aliphatic rings. The number of amides is 1. The minimum atomic E-state index is -0.0500. The summed E-state index contributed by atoms with van der Waals surface area (Å²) < 4.78 is 0. The topological polar surface area (TPSA) is 61.4 Å². The number of aliphatic hydroxyl groups is 1. The van der Waals surface area contributed by atoms with Crippen molar-refractivity contribution in [3.63, 3.8) is 0 Å². The molecule has 1 amide bonds. The highest BCUT2D eigenvalue weighted by Crippen LogP contribution is 2.06. The lowest BCUT2D eigenvalue weighted by Gasteiger charge is -2.21. The van der Waals surface area contributed by atoms with Crippen molar-refractivity contribution in [2.24, 2.45) is 5.92 Å². The van der Waals surface area contributed by atoms with Gasteiger partial charge in [-0.2, -0.15) is 0 Å². The first-order valence-electron chi connectivity index (χ1n) is 6.32. The molecule has 0 heterocycles. The van der Waals surface area contributed by atoms with Gasteiger partial charge in [0.25, 0.3) is 0 Å². The van der Waals surface area contributed by atoms with E-state index in [1.807, 2.05) is 44.2 Å². The molecule has 0 bridgehead atoms. The number of hydrogen-bond acceptors (Lipinski definition) is 3. The van der Waals surface area contributed by atoms with Gasteiger partial charge in [0.05, 0.1) is 6.54 Å². The molecule has 1 aromatic rings. The van der Waals surface area contributed by atoms with Crippen molar-refractivity contribution in [1.82, 2.24) is 5.32 Å². The largest absolute Gasteiger partial charge is 0.396 e. The Morgan fingerprint density at radius 2 is 1.89 bits per heavy atom. The van der Waals surface area contributed by atoms with Crippen molar-refractivity contribution in [1.29, 1.82) is 0 Å².